The number of benzene rings is 1. The maximum absolute atomic E-state index is 12.1. The van der Waals surface area contributed by atoms with Crippen molar-refractivity contribution in [3.05, 3.63) is 28.2 Å². The number of carboxylic acids is 1. The number of carboxylic acid groups (broad SMARTS) is 1. The molecule has 0 aliphatic carbocycles. The normalized spacial score (nSPS) is 17.0. The third-order valence-electron chi connectivity index (χ3n) is 3.48. The number of halogens is 2. The van der Waals surface area contributed by atoms with Gasteiger partial charge in [-0.2, -0.15) is 0 Å². The van der Waals surface area contributed by atoms with Crippen molar-refractivity contribution in [3.63, 3.8) is 0 Å². The van der Waals surface area contributed by atoms with Crippen molar-refractivity contribution in [1.29, 1.82) is 0 Å². The van der Waals surface area contributed by atoms with E-state index in [1.807, 2.05) is 0 Å². The minimum absolute atomic E-state index is 0.156. The van der Waals surface area contributed by atoms with E-state index in [9.17, 15) is 14.7 Å². The van der Waals surface area contributed by atoms with Crippen LogP contribution in [0.1, 0.15) is 6.42 Å². The number of nitrogens with zero attached hydrogens (tertiary/aromatic N) is 1. The zero-order valence-electron chi connectivity index (χ0n) is 11.8. The van der Waals surface area contributed by atoms with E-state index in [1.165, 1.54) is 0 Å². The number of nitrogens with one attached hydrogen (secondary N) is 2. The van der Waals surface area contributed by atoms with E-state index in [-0.39, 0.29) is 6.42 Å². The lowest BCUT2D eigenvalue weighted by atomic mass is 10.1. The fraction of sp³-hybridized carbons (Fsp3) is 0.429. The number of carbonyl (C=O) groups is 2. The van der Waals surface area contributed by atoms with E-state index in [1.54, 1.807) is 23.1 Å². The van der Waals surface area contributed by atoms with Crippen LogP contribution in [0.2, 0.25) is 10.0 Å². The molecule has 0 unspecified atom stereocenters. The lowest BCUT2D eigenvalue weighted by Gasteiger charge is -2.32. The van der Waals surface area contributed by atoms with Crippen LogP contribution >= 0.6 is 23.2 Å². The molecule has 1 heterocycles. The number of anilines is 1. The first-order valence-electron chi connectivity index (χ1n) is 6.90. The van der Waals surface area contributed by atoms with Gasteiger partial charge in [-0.05, 0) is 12.1 Å². The van der Waals surface area contributed by atoms with Crippen LogP contribution < -0.4 is 10.6 Å². The summed E-state index contributed by atoms with van der Waals surface area (Å²) in [5, 5.41) is 15.7. The number of amides is 1. The first kappa shape index (κ1) is 17.0. The molecule has 3 N–H and O–H groups in total. The van der Waals surface area contributed by atoms with Gasteiger partial charge >= 0.3 is 5.97 Å². The Morgan fingerprint density at radius 3 is 2.41 bits per heavy atom. The molecule has 0 bridgehead atoms. The molecule has 2 rings (SSSR count). The molecule has 1 fully saturated rings. The van der Waals surface area contributed by atoms with Gasteiger partial charge in [-0.25, -0.2) is 0 Å². The molecule has 0 radical (unpaired) electrons. The first-order chi connectivity index (χ1) is 10.5. The number of para-hydroxylation sites is 1. The molecule has 0 spiro atoms. The Balaban J connectivity index is 2.03. The zero-order chi connectivity index (χ0) is 16.1. The maximum Gasteiger partial charge on any atom is 0.321 e. The van der Waals surface area contributed by atoms with Gasteiger partial charge in [0.25, 0.3) is 0 Å². The van der Waals surface area contributed by atoms with Crippen molar-refractivity contribution in [2.45, 2.75) is 12.5 Å². The summed E-state index contributed by atoms with van der Waals surface area (Å²) in [6.45, 7) is 2.61. The van der Waals surface area contributed by atoms with Gasteiger partial charge in [0, 0.05) is 26.2 Å². The van der Waals surface area contributed by atoms with Gasteiger partial charge in [0.2, 0.25) is 5.91 Å². The van der Waals surface area contributed by atoms with Crippen molar-refractivity contribution in [1.82, 2.24) is 10.2 Å². The molecular formula is C14H17Cl2N3O3. The fourth-order valence-corrected chi connectivity index (χ4v) is 2.84. The van der Waals surface area contributed by atoms with E-state index < -0.39 is 17.9 Å². The van der Waals surface area contributed by atoms with Crippen LogP contribution in [0.4, 0.5) is 5.69 Å². The molecule has 1 aromatic carbocycles. The lowest BCUT2D eigenvalue weighted by Crippen LogP contribution is -2.52. The molecule has 1 amide bonds. The van der Waals surface area contributed by atoms with Gasteiger partial charge < -0.3 is 15.7 Å². The Morgan fingerprint density at radius 2 is 1.86 bits per heavy atom. The summed E-state index contributed by atoms with van der Waals surface area (Å²) < 4.78 is 0. The van der Waals surface area contributed by atoms with Gasteiger partial charge in [-0.3, -0.25) is 14.5 Å². The highest BCUT2D eigenvalue weighted by molar-refractivity contribution is 6.39. The van der Waals surface area contributed by atoms with Crippen molar-refractivity contribution in [2.75, 3.05) is 31.5 Å². The van der Waals surface area contributed by atoms with Crippen LogP contribution in [0.25, 0.3) is 0 Å². The van der Waals surface area contributed by atoms with Gasteiger partial charge in [0.05, 0.1) is 22.2 Å². The van der Waals surface area contributed by atoms with Crippen LogP contribution in [0.15, 0.2) is 18.2 Å². The molecule has 1 aliphatic rings. The molecule has 1 aromatic rings. The lowest BCUT2D eigenvalue weighted by molar-refractivity contribution is -0.145. The third kappa shape index (κ3) is 4.33. The summed E-state index contributed by atoms with van der Waals surface area (Å²) in [5.41, 5.74) is 0.306. The Labute approximate surface area is 138 Å². The Kier molecular flexibility index (Phi) is 6.02. The van der Waals surface area contributed by atoms with Gasteiger partial charge in [0.1, 0.15) is 6.04 Å². The van der Waals surface area contributed by atoms with E-state index in [2.05, 4.69) is 10.6 Å². The second-order valence-electron chi connectivity index (χ2n) is 4.99. The van der Waals surface area contributed by atoms with E-state index in [0.29, 0.717) is 41.9 Å². The number of hydrogen-bond acceptors (Lipinski definition) is 4. The maximum atomic E-state index is 12.1. The van der Waals surface area contributed by atoms with E-state index in [4.69, 9.17) is 23.2 Å². The van der Waals surface area contributed by atoms with Crippen molar-refractivity contribution in [2.24, 2.45) is 0 Å². The number of rotatable bonds is 5. The topological polar surface area (TPSA) is 81.7 Å². The molecule has 1 atom stereocenters. The Morgan fingerprint density at radius 1 is 1.27 bits per heavy atom. The second-order valence-corrected chi connectivity index (χ2v) is 5.80. The number of carbonyl (C=O) groups excluding carboxylic acids is 1. The minimum Gasteiger partial charge on any atom is -0.480 e. The average Bonchev–Trinajstić information content (AvgIpc) is 2.49. The first-order valence-corrected chi connectivity index (χ1v) is 7.66. The van der Waals surface area contributed by atoms with Crippen LogP contribution in [0.3, 0.4) is 0 Å². The highest BCUT2D eigenvalue weighted by atomic mass is 35.5. The van der Waals surface area contributed by atoms with Gasteiger partial charge in [0.15, 0.2) is 0 Å². The molecule has 1 aliphatic heterocycles. The second kappa shape index (κ2) is 7.78. The largest absolute Gasteiger partial charge is 0.480 e. The fourth-order valence-electron chi connectivity index (χ4n) is 2.35. The number of piperazine rings is 1. The highest BCUT2D eigenvalue weighted by Gasteiger charge is 2.29. The quantitative estimate of drug-likeness (QED) is 0.756. The summed E-state index contributed by atoms with van der Waals surface area (Å²) in [6.07, 6.45) is -0.156. The third-order valence-corrected chi connectivity index (χ3v) is 4.11. The Hall–Kier alpha value is -1.34. The van der Waals surface area contributed by atoms with Crippen LogP contribution in [0.5, 0.6) is 0 Å². The van der Waals surface area contributed by atoms with Gasteiger partial charge in [-0.15, -0.1) is 0 Å². The highest BCUT2D eigenvalue weighted by Crippen LogP contribution is 2.30. The van der Waals surface area contributed by atoms with Crippen LogP contribution in [-0.2, 0) is 9.59 Å². The Bertz CT molecular complexity index is 542. The predicted molar refractivity (Wildman–Crippen MR) is 85.6 cm³/mol. The van der Waals surface area contributed by atoms with E-state index in [0.717, 1.165) is 0 Å². The summed E-state index contributed by atoms with van der Waals surface area (Å²) >= 11 is 12.0. The standard InChI is InChI=1S/C14H17Cl2N3O3/c15-9-2-1-3-10(16)13(9)18-12(20)8-11(14(21)22)19-6-4-17-5-7-19/h1-3,11,17H,4-8H2,(H,18,20)(H,21,22)/t11-/m0/s1. The molecular weight excluding hydrogens is 329 g/mol. The van der Waals surface area contributed by atoms with Crippen LogP contribution in [0, 0.1) is 0 Å². The van der Waals surface area contributed by atoms with Crippen molar-refractivity contribution >= 4 is 40.8 Å². The predicted octanol–water partition coefficient (Wildman–Crippen LogP) is 1.68. The molecule has 1 saturated heterocycles. The molecule has 120 valence electrons. The molecule has 0 saturated carbocycles. The summed E-state index contributed by atoms with van der Waals surface area (Å²) in [6, 6.07) is 4.02. The molecule has 6 nitrogen and oxygen atoms in total. The SMILES string of the molecule is O=C(C[C@@H](C(=O)O)N1CCNCC1)Nc1c(Cl)cccc1Cl. The summed E-state index contributed by atoms with van der Waals surface area (Å²) in [7, 11) is 0. The van der Waals surface area contributed by atoms with Gasteiger partial charge in [-0.1, -0.05) is 29.3 Å². The van der Waals surface area contributed by atoms with E-state index >= 15 is 0 Å². The monoisotopic (exact) mass is 345 g/mol. The molecule has 0 aromatic heterocycles. The smallest absolute Gasteiger partial charge is 0.321 e. The summed E-state index contributed by atoms with van der Waals surface area (Å²) in [4.78, 5) is 25.4. The minimum atomic E-state index is -1.01. The van der Waals surface area contributed by atoms with Crippen molar-refractivity contribution < 1.29 is 14.7 Å². The molecule has 8 heteroatoms. The average molecular weight is 346 g/mol. The summed E-state index contributed by atoms with van der Waals surface area (Å²) in [5.74, 6) is -1.44. The zero-order valence-corrected chi connectivity index (χ0v) is 13.3. The van der Waals surface area contributed by atoms with Crippen molar-refractivity contribution in [3.8, 4) is 0 Å². The number of aliphatic carboxylic acids is 1. The molecule has 22 heavy (non-hydrogen) atoms. The number of hydrogen-bond donors (Lipinski definition) is 3. The van der Waals surface area contributed by atoms with Crippen LogP contribution in [-0.4, -0.2) is 54.1 Å².